The summed E-state index contributed by atoms with van der Waals surface area (Å²) in [4.78, 5) is 26.7. The smallest absolute Gasteiger partial charge is 0.167 e. The van der Waals surface area contributed by atoms with Gasteiger partial charge in [0.25, 0.3) is 0 Å². The maximum Gasteiger partial charge on any atom is 0.167 e. The van der Waals surface area contributed by atoms with Crippen LogP contribution >= 0.6 is 0 Å². The Hall–Kier alpha value is -3.00. The summed E-state index contributed by atoms with van der Waals surface area (Å²) in [6.07, 6.45) is 1.56. The number of ketones is 2. The van der Waals surface area contributed by atoms with Crippen LogP contribution in [-0.2, 0) is 0 Å². The molecule has 2 aromatic carbocycles. The fourth-order valence-corrected chi connectivity index (χ4v) is 3.42. The molecule has 0 saturated carbocycles. The van der Waals surface area contributed by atoms with Gasteiger partial charge in [0.2, 0.25) is 0 Å². The Kier molecular flexibility index (Phi) is 5.13. The number of anilines is 1. The summed E-state index contributed by atoms with van der Waals surface area (Å²) in [5.74, 6) is -0.682. The second-order valence-corrected chi connectivity index (χ2v) is 6.56. The van der Waals surface area contributed by atoms with Crippen molar-refractivity contribution in [3.8, 4) is 6.07 Å². The van der Waals surface area contributed by atoms with Crippen molar-refractivity contribution in [3.05, 3.63) is 65.0 Å². The van der Waals surface area contributed by atoms with Crippen LogP contribution in [0.3, 0.4) is 0 Å². The predicted octanol–water partition coefficient (Wildman–Crippen LogP) is 4.00. The third kappa shape index (κ3) is 3.65. The van der Waals surface area contributed by atoms with Crippen molar-refractivity contribution in [1.29, 1.82) is 5.26 Å². The molecule has 1 aliphatic heterocycles. The zero-order valence-electron chi connectivity index (χ0n) is 14.5. The molecule has 0 radical (unpaired) electrons. The molecule has 1 saturated heterocycles. The minimum atomic E-state index is -0.369. The molecule has 1 fully saturated rings. The zero-order chi connectivity index (χ0) is 18.7. The van der Waals surface area contributed by atoms with E-state index in [0.717, 1.165) is 19.4 Å². The first-order chi connectivity index (χ1) is 12.5. The number of nitrogens with zero attached hydrogens (tertiary/aromatic N) is 2. The van der Waals surface area contributed by atoms with Gasteiger partial charge in [-0.05, 0) is 62.2 Å². The van der Waals surface area contributed by atoms with E-state index < -0.39 is 0 Å². The van der Waals surface area contributed by atoms with Gasteiger partial charge in [0.05, 0.1) is 11.6 Å². The van der Waals surface area contributed by atoms with Crippen LogP contribution in [0, 0.1) is 23.1 Å². The first-order valence-electron chi connectivity index (χ1n) is 8.59. The summed E-state index contributed by atoms with van der Waals surface area (Å²) in [5, 5.41) is 9.16. The Morgan fingerprint density at radius 1 is 1.19 bits per heavy atom. The normalized spacial score (nSPS) is 16.8. The maximum absolute atomic E-state index is 13.1. The van der Waals surface area contributed by atoms with Gasteiger partial charge < -0.3 is 4.90 Å². The summed E-state index contributed by atoms with van der Waals surface area (Å²) in [7, 11) is 0. The Morgan fingerprint density at radius 2 is 1.92 bits per heavy atom. The molecule has 1 aliphatic rings. The standard InChI is InChI=1S/C21H19FN2O2/c1-14(25)19-9-4-15(12-23)11-20(19)24-10-2-3-17(13-24)21(26)16-5-7-18(22)8-6-16/h4-9,11,17H,2-3,10,13H2,1H3. The van der Waals surface area contributed by atoms with E-state index in [1.807, 2.05) is 4.90 Å². The second kappa shape index (κ2) is 7.49. The molecule has 4 nitrogen and oxygen atoms in total. The molecule has 132 valence electrons. The van der Waals surface area contributed by atoms with Crippen molar-refractivity contribution in [2.45, 2.75) is 19.8 Å². The number of benzene rings is 2. The molecule has 0 aliphatic carbocycles. The van der Waals surface area contributed by atoms with E-state index in [2.05, 4.69) is 6.07 Å². The summed E-state index contributed by atoms with van der Waals surface area (Å²) in [6.45, 7) is 2.70. The summed E-state index contributed by atoms with van der Waals surface area (Å²) >= 11 is 0. The number of Topliss-reactive ketones (excluding diaryl/α,β-unsaturated/α-hetero) is 2. The lowest BCUT2D eigenvalue weighted by Crippen LogP contribution is -2.39. The first-order valence-corrected chi connectivity index (χ1v) is 8.59. The highest BCUT2D eigenvalue weighted by Gasteiger charge is 2.28. The van der Waals surface area contributed by atoms with Gasteiger partial charge in [-0.2, -0.15) is 5.26 Å². The van der Waals surface area contributed by atoms with E-state index in [0.29, 0.717) is 28.9 Å². The lowest BCUT2D eigenvalue weighted by Gasteiger charge is -2.34. The number of halogens is 1. The van der Waals surface area contributed by atoms with E-state index in [-0.39, 0.29) is 23.3 Å². The fourth-order valence-electron chi connectivity index (χ4n) is 3.42. The van der Waals surface area contributed by atoms with Crippen LogP contribution in [0.2, 0.25) is 0 Å². The number of hydrogen-bond donors (Lipinski definition) is 0. The minimum absolute atomic E-state index is 0.0180. The van der Waals surface area contributed by atoms with Crippen LogP contribution in [0.5, 0.6) is 0 Å². The Labute approximate surface area is 151 Å². The third-order valence-corrected chi connectivity index (χ3v) is 4.77. The number of rotatable bonds is 4. The molecule has 0 N–H and O–H groups in total. The lowest BCUT2D eigenvalue weighted by molar-refractivity contribution is 0.0907. The number of carbonyl (C=O) groups is 2. The van der Waals surface area contributed by atoms with E-state index in [1.165, 1.54) is 31.2 Å². The maximum atomic E-state index is 13.1. The topological polar surface area (TPSA) is 61.2 Å². The number of piperidine rings is 1. The van der Waals surface area contributed by atoms with Crippen LogP contribution in [0.4, 0.5) is 10.1 Å². The molecule has 2 aromatic rings. The van der Waals surface area contributed by atoms with Crippen molar-refractivity contribution < 1.29 is 14.0 Å². The second-order valence-electron chi connectivity index (χ2n) is 6.56. The summed E-state index contributed by atoms with van der Waals surface area (Å²) in [5.41, 5.74) is 2.24. The Morgan fingerprint density at radius 3 is 2.58 bits per heavy atom. The molecule has 3 rings (SSSR count). The summed E-state index contributed by atoms with van der Waals surface area (Å²) in [6, 6.07) is 12.7. The molecule has 26 heavy (non-hydrogen) atoms. The minimum Gasteiger partial charge on any atom is -0.370 e. The molecule has 0 aromatic heterocycles. The van der Waals surface area contributed by atoms with Gasteiger partial charge in [0.15, 0.2) is 11.6 Å². The molecular weight excluding hydrogens is 331 g/mol. The Balaban J connectivity index is 1.87. The van der Waals surface area contributed by atoms with Crippen molar-refractivity contribution in [2.75, 3.05) is 18.0 Å². The molecular formula is C21H19FN2O2. The van der Waals surface area contributed by atoms with E-state index >= 15 is 0 Å². The van der Waals surface area contributed by atoms with Gasteiger partial charge in [-0.1, -0.05) is 0 Å². The van der Waals surface area contributed by atoms with Crippen molar-refractivity contribution in [3.63, 3.8) is 0 Å². The number of carbonyl (C=O) groups excluding carboxylic acids is 2. The zero-order valence-corrected chi connectivity index (χ0v) is 14.5. The van der Waals surface area contributed by atoms with E-state index in [9.17, 15) is 14.0 Å². The average Bonchev–Trinajstić information content (AvgIpc) is 2.67. The van der Waals surface area contributed by atoms with Crippen molar-refractivity contribution in [2.24, 2.45) is 5.92 Å². The third-order valence-electron chi connectivity index (χ3n) is 4.77. The highest BCUT2D eigenvalue weighted by Crippen LogP contribution is 2.29. The van der Waals surface area contributed by atoms with Gasteiger partial charge in [-0.15, -0.1) is 0 Å². The molecule has 1 unspecified atom stereocenters. The van der Waals surface area contributed by atoms with Gasteiger partial charge in [0, 0.05) is 35.8 Å². The van der Waals surface area contributed by atoms with E-state index in [4.69, 9.17) is 5.26 Å². The fraction of sp³-hybridized carbons (Fsp3) is 0.286. The summed E-state index contributed by atoms with van der Waals surface area (Å²) < 4.78 is 13.1. The van der Waals surface area contributed by atoms with Gasteiger partial charge in [0.1, 0.15) is 5.82 Å². The van der Waals surface area contributed by atoms with Gasteiger partial charge in [-0.3, -0.25) is 9.59 Å². The number of nitriles is 1. The Bertz CT molecular complexity index is 884. The van der Waals surface area contributed by atoms with Gasteiger partial charge in [-0.25, -0.2) is 4.39 Å². The van der Waals surface area contributed by atoms with Crippen LogP contribution in [0.25, 0.3) is 0 Å². The van der Waals surface area contributed by atoms with Crippen LogP contribution in [-0.4, -0.2) is 24.7 Å². The molecule has 0 amide bonds. The van der Waals surface area contributed by atoms with E-state index in [1.54, 1.807) is 18.2 Å². The van der Waals surface area contributed by atoms with Crippen molar-refractivity contribution >= 4 is 17.3 Å². The highest BCUT2D eigenvalue weighted by atomic mass is 19.1. The largest absolute Gasteiger partial charge is 0.370 e. The first kappa shape index (κ1) is 17.8. The average molecular weight is 350 g/mol. The molecule has 1 heterocycles. The van der Waals surface area contributed by atoms with Crippen LogP contribution in [0.15, 0.2) is 42.5 Å². The molecule has 1 atom stereocenters. The number of hydrogen-bond acceptors (Lipinski definition) is 4. The predicted molar refractivity (Wildman–Crippen MR) is 96.8 cm³/mol. The SMILES string of the molecule is CC(=O)c1ccc(C#N)cc1N1CCCC(C(=O)c2ccc(F)cc2)C1. The van der Waals surface area contributed by atoms with Crippen molar-refractivity contribution in [1.82, 2.24) is 0 Å². The quantitative estimate of drug-likeness (QED) is 0.782. The molecule has 0 spiro atoms. The lowest BCUT2D eigenvalue weighted by atomic mass is 9.89. The molecule has 5 heteroatoms. The van der Waals surface area contributed by atoms with Gasteiger partial charge >= 0.3 is 0 Å². The molecule has 0 bridgehead atoms. The van der Waals surface area contributed by atoms with Crippen LogP contribution < -0.4 is 4.90 Å². The van der Waals surface area contributed by atoms with Crippen LogP contribution in [0.1, 0.15) is 46.0 Å². The highest BCUT2D eigenvalue weighted by molar-refractivity contribution is 6.01. The monoisotopic (exact) mass is 350 g/mol.